The topological polar surface area (TPSA) is 49.4 Å². The second-order valence-corrected chi connectivity index (χ2v) is 7.68. The maximum absolute atomic E-state index is 12.4. The van der Waals surface area contributed by atoms with E-state index in [0.717, 1.165) is 19.3 Å². The first kappa shape index (κ1) is 13.3. The molecule has 1 unspecified atom stereocenters. The molecular formula is C12H24N2O2S. The number of hydrogen-bond donors (Lipinski definition) is 1. The fourth-order valence-corrected chi connectivity index (χ4v) is 3.89. The van der Waals surface area contributed by atoms with Gasteiger partial charge in [0, 0.05) is 25.2 Å². The highest BCUT2D eigenvalue weighted by Crippen LogP contribution is 2.31. The summed E-state index contributed by atoms with van der Waals surface area (Å²) < 4.78 is 26.6. The van der Waals surface area contributed by atoms with Crippen LogP contribution in [-0.2, 0) is 10.0 Å². The van der Waals surface area contributed by atoms with E-state index in [1.165, 1.54) is 12.8 Å². The summed E-state index contributed by atoms with van der Waals surface area (Å²) in [5.41, 5.74) is 0. The van der Waals surface area contributed by atoms with Gasteiger partial charge in [0.05, 0.1) is 5.25 Å². The third kappa shape index (κ3) is 3.42. The van der Waals surface area contributed by atoms with Crippen molar-refractivity contribution < 1.29 is 8.42 Å². The van der Waals surface area contributed by atoms with Gasteiger partial charge >= 0.3 is 0 Å². The van der Waals surface area contributed by atoms with Crippen molar-refractivity contribution in [3.05, 3.63) is 0 Å². The van der Waals surface area contributed by atoms with Gasteiger partial charge in [0.15, 0.2) is 0 Å². The Morgan fingerprint density at radius 2 is 1.94 bits per heavy atom. The highest BCUT2D eigenvalue weighted by atomic mass is 32.2. The molecule has 0 amide bonds. The maximum atomic E-state index is 12.4. The molecule has 2 fully saturated rings. The van der Waals surface area contributed by atoms with Crippen molar-refractivity contribution in [3.63, 3.8) is 0 Å². The van der Waals surface area contributed by atoms with Crippen molar-refractivity contribution in [2.24, 2.45) is 0 Å². The number of hydrogen-bond acceptors (Lipinski definition) is 3. The highest BCUT2D eigenvalue weighted by molar-refractivity contribution is 7.89. The molecule has 0 aromatic carbocycles. The van der Waals surface area contributed by atoms with Crippen molar-refractivity contribution in [2.45, 2.75) is 63.3 Å². The summed E-state index contributed by atoms with van der Waals surface area (Å²) in [7, 11) is -3.10. The van der Waals surface area contributed by atoms with E-state index < -0.39 is 10.0 Å². The second-order valence-electron chi connectivity index (χ2n) is 5.38. The molecule has 2 rings (SSSR count). The van der Waals surface area contributed by atoms with Gasteiger partial charge in [-0.25, -0.2) is 8.42 Å². The van der Waals surface area contributed by atoms with E-state index in [1.54, 1.807) is 4.31 Å². The number of nitrogens with zero attached hydrogens (tertiary/aromatic N) is 1. The molecule has 5 heteroatoms. The Balaban J connectivity index is 1.93. The number of rotatable bonds is 8. The fraction of sp³-hybridized carbons (Fsp3) is 1.00. The third-order valence-corrected chi connectivity index (χ3v) is 5.82. The van der Waals surface area contributed by atoms with E-state index >= 15 is 0 Å². The molecule has 0 spiro atoms. The summed E-state index contributed by atoms with van der Waals surface area (Å²) >= 11 is 0. The van der Waals surface area contributed by atoms with E-state index in [4.69, 9.17) is 0 Å². The quantitative estimate of drug-likeness (QED) is 0.716. The first-order chi connectivity index (χ1) is 8.05. The molecule has 0 aliphatic heterocycles. The van der Waals surface area contributed by atoms with Gasteiger partial charge in [-0.3, -0.25) is 0 Å². The summed E-state index contributed by atoms with van der Waals surface area (Å²) in [6, 6.07) is 0.872. The molecule has 4 nitrogen and oxygen atoms in total. The zero-order chi connectivity index (χ0) is 12.5. The lowest BCUT2D eigenvalue weighted by atomic mass is 10.4. The predicted octanol–water partition coefficient (Wildman–Crippen LogP) is 1.33. The first-order valence-corrected chi connectivity index (χ1v) is 8.30. The maximum Gasteiger partial charge on any atom is 0.218 e. The van der Waals surface area contributed by atoms with E-state index in [1.807, 2.05) is 13.8 Å². The molecule has 2 aliphatic rings. The molecule has 1 N–H and O–H groups in total. The Hall–Kier alpha value is -0.130. The van der Waals surface area contributed by atoms with Crippen LogP contribution in [0.4, 0.5) is 0 Å². The minimum absolute atomic E-state index is 0.295. The van der Waals surface area contributed by atoms with Crippen LogP contribution in [0, 0.1) is 0 Å². The average Bonchev–Trinajstić information content (AvgIpc) is 3.15. The average molecular weight is 260 g/mol. The molecule has 2 saturated carbocycles. The summed E-state index contributed by atoms with van der Waals surface area (Å²) in [4.78, 5) is 0. The Morgan fingerprint density at radius 1 is 1.29 bits per heavy atom. The van der Waals surface area contributed by atoms with Gasteiger partial charge in [-0.05, 0) is 39.0 Å². The van der Waals surface area contributed by atoms with E-state index in [0.29, 0.717) is 25.2 Å². The zero-order valence-corrected chi connectivity index (χ0v) is 11.7. The molecule has 0 saturated heterocycles. The van der Waals surface area contributed by atoms with Crippen LogP contribution in [0.2, 0.25) is 0 Å². The van der Waals surface area contributed by atoms with Crippen LogP contribution in [-0.4, -0.2) is 43.1 Å². The van der Waals surface area contributed by atoms with Crippen LogP contribution in [0.15, 0.2) is 0 Å². The molecule has 100 valence electrons. The standard InChI is InChI=1S/C12H24N2O2S/c1-3-8-14(12-6-7-12)17(15,16)10(2)9-13-11-4-5-11/h10-13H,3-9H2,1-2H3. The Kier molecular flexibility index (Phi) is 4.10. The summed E-state index contributed by atoms with van der Waals surface area (Å²) in [5.74, 6) is 0. The van der Waals surface area contributed by atoms with Crippen LogP contribution >= 0.6 is 0 Å². The second kappa shape index (κ2) is 5.24. The third-order valence-electron chi connectivity index (χ3n) is 3.50. The van der Waals surface area contributed by atoms with Gasteiger partial charge in [0.25, 0.3) is 0 Å². The van der Waals surface area contributed by atoms with Gasteiger partial charge in [-0.15, -0.1) is 0 Å². The van der Waals surface area contributed by atoms with Crippen LogP contribution in [0.5, 0.6) is 0 Å². The van der Waals surface area contributed by atoms with Crippen molar-refractivity contribution in [1.82, 2.24) is 9.62 Å². The number of sulfonamides is 1. The van der Waals surface area contributed by atoms with Gasteiger partial charge in [-0.2, -0.15) is 4.31 Å². The lowest BCUT2D eigenvalue weighted by Crippen LogP contribution is -2.43. The predicted molar refractivity (Wildman–Crippen MR) is 69.4 cm³/mol. The molecule has 0 radical (unpaired) electrons. The molecule has 0 aromatic rings. The van der Waals surface area contributed by atoms with Crippen LogP contribution in [0.3, 0.4) is 0 Å². The van der Waals surface area contributed by atoms with Crippen LogP contribution in [0.1, 0.15) is 46.0 Å². The van der Waals surface area contributed by atoms with E-state index in [-0.39, 0.29) is 5.25 Å². The van der Waals surface area contributed by atoms with Crippen molar-refractivity contribution in [2.75, 3.05) is 13.1 Å². The minimum atomic E-state index is -3.10. The van der Waals surface area contributed by atoms with Gasteiger partial charge in [0.1, 0.15) is 0 Å². The summed E-state index contributed by atoms with van der Waals surface area (Å²) in [5, 5.41) is 3.02. The van der Waals surface area contributed by atoms with Gasteiger partial charge in [-0.1, -0.05) is 6.92 Å². The first-order valence-electron chi connectivity index (χ1n) is 6.79. The molecule has 1 atom stereocenters. The lowest BCUT2D eigenvalue weighted by molar-refractivity contribution is 0.395. The zero-order valence-electron chi connectivity index (χ0n) is 10.9. The van der Waals surface area contributed by atoms with Crippen molar-refractivity contribution >= 4 is 10.0 Å². The minimum Gasteiger partial charge on any atom is -0.313 e. The molecule has 17 heavy (non-hydrogen) atoms. The fourth-order valence-electron chi connectivity index (χ4n) is 2.06. The molecule has 0 aromatic heterocycles. The molecule has 0 heterocycles. The van der Waals surface area contributed by atoms with E-state index in [9.17, 15) is 8.42 Å². The van der Waals surface area contributed by atoms with Crippen molar-refractivity contribution in [1.29, 1.82) is 0 Å². The lowest BCUT2D eigenvalue weighted by Gasteiger charge is -2.25. The van der Waals surface area contributed by atoms with Crippen LogP contribution < -0.4 is 5.32 Å². The smallest absolute Gasteiger partial charge is 0.218 e. The molecular weight excluding hydrogens is 236 g/mol. The van der Waals surface area contributed by atoms with Gasteiger partial charge < -0.3 is 5.32 Å². The SMILES string of the molecule is CCCN(C1CC1)S(=O)(=O)C(C)CNC1CC1. The van der Waals surface area contributed by atoms with Crippen molar-refractivity contribution in [3.8, 4) is 0 Å². The Morgan fingerprint density at radius 3 is 2.41 bits per heavy atom. The van der Waals surface area contributed by atoms with E-state index in [2.05, 4.69) is 5.32 Å². The molecule has 0 bridgehead atoms. The normalized spacial score (nSPS) is 23.0. The van der Waals surface area contributed by atoms with Crippen LogP contribution in [0.25, 0.3) is 0 Å². The Labute approximate surface area is 105 Å². The summed E-state index contributed by atoms with van der Waals surface area (Å²) in [6.45, 7) is 5.15. The molecule has 2 aliphatic carbocycles. The summed E-state index contributed by atoms with van der Waals surface area (Å²) in [6.07, 6.45) is 5.39. The largest absolute Gasteiger partial charge is 0.313 e. The number of nitrogens with one attached hydrogen (secondary N) is 1. The highest BCUT2D eigenvalue weighted by Gasteiger charge is 2.39. The monoisotopic (exact) mass is 260 g/mol. The Bertz CT molecular complexity index is 348. The van der Waals surface area contributed by atoms with Gasteiger partial charge in [0.2, 0.25) is 10.0 Å².